The van der Waals surface area contributed by atoms with Gasteiger partial charge in [-0.1, -0.05) is 235 Å². The Morgan fingerprint density at radius 3 is 1.38 bits per heavy atom. The summed E-state index contributed by atoms with van der Waals surface area (Å²) in [6.07, 6.45) is 56.4. The number of hydrogen-bond donors (Lipinski definition) is 6. The van der Waals surface area contributed by atoms with Gasteiger partial charge in [-0.25, -0.2) is 0 Å². The van der Waals surface area contributed by atoms with Crippen molar-refractivity contribution in [2.75, 3.05) is 13.2 Å². The molecule has 0 radical (unpaired) electrons. The topological polar surface area (TPSA) is 175 Å². The van der Waals surface area contributed by atoms with Crippen molar-refractivity contribution in [3.8, 4) is 0 Å². The van der Waals surface area contributed by atoms with Crippen LogP contribution >= 0.6 is 0 Å². The van der Waals surface area contributed by atoms with Crippen LogP contribution in [-0.4, -0.2) is 99.6 Å². The van der Waals surface area contributed by atoms with E-state index in [0.29, 0.717) is 12.8 Å². The van der Waals surface area contributed by atoms with E-state index in [0.717, 1.165) is 116 Å². The number of unbranched alkanes of at least 4 members (excludes halogenated alkanes) is 28. The second-order valence-corrected chi connectivity index (χ2v) is 21.4. The van der Waals surface area contributed by atoms with Crippen LogP contribution in [0.1, 0.15) is 265 Å². The molecule has 11 heteroatoms. The number of esters is 1. The molecule has 8 unspecified atom stereocenters. The molecule has 1 aliphatic heterocycles. The highest BCUT2D eigenvalue weighted by atomic mass is 16.7. The number of carbonyl (C=O) groups excluding carboxylic acids is 2. The van der Waals surface area contributed by atoms with Crippen LogP contribution in [0.15, 0.2) is 72.9 Å². The maximum atomic E-state index is 13.4. The third-order valence-electron chi connectivity index (χ3n) is 14.3. The number of allylic oxidation sites excluding steroid dienone is 11. The van der Waals surface area contributed by atoms with Gasteiger partial charge in [-0.05, 0) is 96.3 Å². The number of ether oxygens (including phenoxy) is 3. The fraction of sp³-hybridized carbons (Fsp3) is 0.785. The van der Waals surface area contributed by atoms with E-state index in [9.17, 15) is 35.1 Å². The van der Waals surface area contributed by atoms with Gasteiger partial charge in [0.2, 0.25) is 5.91 Å². The average molecular weight is 1070 g/mol. The molecule has 0 aromatic carbocycles. The van der Waals surface area contributed by atoms with Gasteiger partial charge in [-0.3, -0.25) is 9.59 Å². The molecule has 76 heavy (non-hydrogen) atoms. The van der Waals surface area contributed by atoms with Gasteiger partial charge in [0.25, 0.3) is 0 Å². The molecule has 8 atom stereocenters. The quantitative estimate of drug-likeness (QED) is 0.0195. The average Bonchev–Trinajstić information content (AvgIpc) is 3.42. The van der Waals surface area contributed by atoms with E-state index < -0.39 is 67.4 Å². The molecule has 0 bridgehead atoms. The molecule has 1 heterocycles. The van der Waals surface area contributed by atoms with Gasteiger partial charge in [0, 0.05) is 6.42 Å². The van der Waals surface area contributed by atoms with E-state index in [1.165, 1.54) is 103 Å². The minimum absolute atomic E-state index is 0.106. The minimum atomic E-state index is -1.62. The lowest BCUT2D eigenvalue weighted by atomic mass is 9.99. The van der Waals surface area contributed by atoms with Crippen LogP contribution in [0.2, 0.25) is 0 Å². The number of carbonyl (C=O) groups is 2. The molecule has 1 rings (SSSR count). The van der Waals surface area contributed by atoms with Crippen LogP contribution in [-0.2, 0) is 23.8 Å². The normalized spacial score (nSPS) is 19.6. The second kappa shape index (κ2) is 52.8. The number of rotatable bonds is 52. The summed E-state index contributed by atoms with van der Waals surface area (Å²) in [4.78, 5) is 26.5. The Labute approximate surface area is 464 Å². The molecular weight excluding hydrogens is 955 g/mol. The van der Waals surface area contributed by atoms with Gasteiger partial charge in [-0.15, -0.1) is 0 Å². The van der Waals surface area contributed by atoms with E-state index in [-0.39, 0.29) is 19.4 Å². The van der Waals surface area contributed by atoms with Crippen molar-refractivity contribution in [3.05, 3.63) is 72.9 Å². The van der Waals surface area contributed by atoms with Crippen molar-refractivity contribution in [2.24, 2.45) is 0 Å². The molecular formula is C65H115NO10. The maximum Gasteiger partial charge on any atom is 0.306 e. The molecule has 1 aliphatic rings. The highest BCUT2D eigenvalue weighted by Crippen LogP contribution is 2.26. The summed E-state index contributed by atoms with van der Waals surface area (Å²) in [5, 5.41) is 57.0. The summed E-state index contributed by atoms with van der Waals surface area (Å²) in [6, 6.07) is -1.03. The molecule has 0 aromatic heterocycles. The first-order chi connectivity index (χ1) is 37.2. The van der Waals surface area contributed by atoms with Crippen molar-refractivity contribution in [2.45, 2.75) is 314 Å². The van der Waals surface area contributed by atoms with Crippen molar-refractivity contribution in [1.82, 2.24) is 5.32 Å². The molecule has 0 saturated carbocycles. The van der Waals surface area contributed by atoms with E-state index in [4.69, 9.17) is 14.2 Å². The molecule has 0 aromatic rings. The zero-order valence-electron chi connectivity index (χ0n) is 48.6. The lowest BCUT2D eigenvalue weighted by molar-refractivity contribution is -0.305. The summed E-state index contributed by atoms with van der Waals surface area (Å²) in [5.74, 6) is -1.22. The lowest BCUT2D eigenvalue weighted by Gasteiger charge is -2.41. The van der Waals surface area contributed by atoms with Gasteiger partial charge >= 0.3 is 5.97 Å². The predicted molar refractivity (Wildman–Crippen MR) is 315 cm³/mol. The predicted octanol–water partition coefficient (Wildman–Crippen LogP) is 14.8. The Kier molecular flexibility index (Phi) is 49.4. The summed E-state index contributed by atoms with van der Waals surface area (Å²) < 4.78 is 17.6. The lowest BCUT2D eigenvalue weighted by Crippen LogP contribution is -2.61. The smallest absolute Gasteiger partial charge is 0.306 e. The Morgan fingerprint density at radius 2 is 0.908 bits per heavy atom. The van der Waals surface area contributed by atoms with Crippen molar-refractivity contribution < 1.29 is 49.3 Å². The number of aliphatic hydroxyl groups excluding tert-OH is 5. The summed E-state index contributed by atoms with van der Waals surface area (Å²) in [6.45, 7) is 5.72. The zero-order chi connectivity index (χ0) is 55.4. The minimum Gasteiger partial charge on any atom is -0.454 e. The number of nitrogens with one attached hydrogen (secondary N) is 1. The second-order valence-electron chi connectivity index (χ2n) is 21.4. The van der Waals surface area contributed by atoms with Gasteiger partial charge in [0.05, 0.1) is 25.4 Å². The van der Waals surface area contributed by atoms with Gasteiger partial charge in [0.1, 0.15) is 24.4 Å². The molecule has 440 valence electrons. The highest BCUT2D eigenvalue weighted by molar-refractivity contribution is 5.80. The third-order valence-corrected chi connectivity index (χ3v) is 14.3. The SMILES string of the molecule is CCCCC/C=C\C/C=C\C/C=C\CCCCCCCCC(=O)OC1C(OCC(NC(=O)C(O)CCCCCCCC/C=C\C/C=C\CCCCC)C(O)/C=C/CCCCCCCCCCCC)OC(CO)C(O)C1O. The first-order valence-electron chi connectivity index (χ1n) is 31.2. The molecule has 1 saturated heterocycles. The van der Waals surface area contributed by atoms with Crippen LogP contribution in [0.4, 0.5) is 0 Å². The molecule has 1 amide bonds. The third kappa shape index (κ3) is 40.3. The van der Waals surface area contributed by atoms with Crippen molar-refractivity contribution >= 4 is 11.9 Å². The number of aliphatic hydroxyl groups is 5. The molecule has 1 fully saturated rings. The molecule has 0 aliphatic carbocycles. The monoisotopic (exact) mass is 1070 g/mol. The number of hydrogen-bond acceptors (Lipinski definition) is 10. The van der Waals surface area contributed by atoms with Crippen LogP contribution < -0.4 is 5.32 Å². The zero-order valence-corrected chi connectivity index (χ0v) is 48.6. The first-order valence-corrected chi connectivity index (χ1v) is 31.2. The van der Waals surface area contributed by atoms with E-state index in [1.807, 2.05) is 6.08 Å². The maximum absolute atomic E-state index is 13.4. The van der Waals surface area contributed by atoms with Crippen LogP contribution in [0.3, 0.4) is 0 Å². The van der Waals surface area contributed by atoms with E-state index in [1.54, 1.807) is 6.08 Å². The molecule has 11 nitrogen and oxygen atoms in total. The summed E-state index contributed by atoms with van der Waals surface area (Å²) >= 11 is 0. The summed E-state index contributed by atoms with van der Waals surface area (Å²) in [7, 11) is 0. The standard InChI is InChI=1S/C65H115NO10/c1-4-7-10-13-16-19-22-25-27-29-30-31-33-35-38-41-44-47-50-53-60(70)76-63-62(72)61(71)59(54-67)75-65(63)74-55-56(57(68)51-48-45-42-39-36-24-21-18-15-12-9-6-3)66-64(73)58(69)52-49-46-43-40-37-34-32-28-26-23-20-17-14-11-8-5-2/h16-17,19-20,25-28,30-31,48,51,56-59,61-63,65,67-69,71-72H,4-15,18,21-24,29,32-47,49-50,52-55H2,1-3H3,(H,66,73)/b19-16-,20-17-,27-25-,28-26-,31-30-,51-48+. The Morgan fingerprint density at radius 1 is 0.513 bits per heavy atom. The van der Waals surface area contributed by atoms with Gasteiger partial charge in [0.15, 0.2) is 12.4 Å². The highest BCUT2D eigenvalue weighted by Gasteiger charge is 2.47. The van der Waals surface area contributed by atoms with E-state index >= 15 is 0 Å². The molecule has 0 spiro atoms. The Balaban J connectivity index is 2.70. The molecule has 6 N–H and O–H groups in total. The Bertz CT molecular complexity index is 1510. The van der Waals surface area contributed by atoms with E-state index in [2.05, 4.69) is 86.8 Å². The fourth-order valence-corrected chi connectivity index (χ4v) is 9.33. The van der Waals surface area contributed by atoms with Gasteiger partial charge < -0.3 is 45.1 Å². The van der Waals surface area contributed by atoms with Gasteiger partial charge in [-0.2, -0.15) is 0 Å². The first kappa shape index (κ1) is 71.1. The largest absolute Gasteiger partial charge is 0.454 e. The number of amides is 1. The van der Waals surface area contributed by atoms with Crippen LogP contribution in [0, 0.1) is 0 Å². The van der Waals surface area contributed by atoms with Crippen molar-refractivity contribution in [1.29, 1.82) is 0 Å². The van der Waals surface area contributed by atoms with Crippen LogP contribution in [0.5, 0.6) is 0 Å². The fourth-order valence-electron chi connectivity index (χ4n) is 9.33. The van der Waals surface area contributed by atoms with Crippen molar-refractivity contribution in [3.63, 3.8) is 0 Å². The summed E-state index contributed by atoms with van der Waals surface area (Å²) in [5.41, 5.74) is 0. The van der Waals surface area contributed by atoms with Crippen LogP contribution in [0.25, 0.3) is 0 Å². The Hall–Kier alpha value is -2.90.